The zero-order valence-electron chi connectivity index (χ0n) is 11.3. The molecule has 1 aliphatic heterocycles. The second-order valence-corrected chi connectivity index (χ2v) is 6.18. The van der Waals surface area contributed by atoms with Gasteiger partial charge in [0.15, 0.2) is 0 Å². The quantitative estimate of drug-likeness (QED) is 0.872. The largest absolute Gasteiger partial charge is 0.379 e. The highest BCUT2D eigenvalue weighted by Crippen LogP contribution is 2.28. The van der Waals surface area contributed by atoms with Gasteiger partial charge in [-0.15, -0.1) is 11.8 Å². The summed E-state index contributed by atoms with van der Waals surface area (Å²) in [4.78, 5) is 5.66. The van der Waals surface area contributed by atoms with Gasteiger partial charge in [-0.1, -0.05) is 12.1 Å². The Morgan fingerprint density at radius 3 is 2.80 bits per heavy atom. The fraction of sp³-hybridized carbons (Fsp3) is 0.429. The molecule has 0 bridgehead atoms. The molecule has 1 aromatic carbocycles. The number of rotatable bonds is 4. The van der Waals surface area contributed by atoms with E-state index in [-0.39, 0.29) is 0 Å². The van der Waals surface area contributed by atoms with Crippen molar-refractivity contribution in [2.45, 2.75) is 23.8 Å². The first-order valence-corrected chi connectivity index (χ1v) is 7.64. The van der Waals surface area contributed by atoms with Crippen molar-refractivity contribution >= 4 is 11.8 Å². The maximum Gasteiger partial charge on any atom is 0.249 e. The molecule has 6 heteroatoms. The average molecular weight is 291 g/mol. The third kappa shape index (κ3) is 2.59. The van der Waals surface area contributed by atoms with Crippen molar-refractivity contribution in [2.75, 3.05) is 19.0 Å². The van der Waals surface area contributed by atoms with Gasteiger partial charge in [0.05, 0.1) is 6.61 Å². The van der Waals surface area contributed by atoms with Crippen LogP contribution in [-0.4, -0.2) is 29.1 Å². The summed E-state index contributed by atoms with van der Waals surface area (Å²) in [5, 5.41) is 4.02. The van der Waals surface area contributed by atoms with Crippen LogP contribution in [0.5, 0.6) is 0 Å². The predicted octanol–water partition coefficient (Wildman–Crippen LogP) is 2.42. The van der Waals surface area contributed by atoms with E-state index in [4.69, 9.17) is 15.0 Å². The van der Waals surface area contributed by atoms with Crippen molar-refractivity contribution in [3.8, 4) is 11.4 Å². The molecular weight excluding hydrogens is 274 g/mol. The highest BCUT2D eigenvalue weighted by molar-refractivity contribution is 7.99. The van der Waals surface area contributed by atoms with Gasteiger partial charge >= 0.3 is 0 Å². The van der Waals surface area contributed by atoms with Crippen molar-refractivity contribution in [2.24, 2.45) is 5.73 Å². The lowest BCUT2D eigenvalue weighted by atomic mass is 10.0. The summed E-state index contributed by atoms with van der Waals surface area (Å²) in [7, 11) is 0. The van der Waals surface area contributed by atoms with Crippen LogP contribution in [0.2, 0.25) is 0 Å². The lowest BCUT2D eigenvalue weighted by Crippen LogP contribution is -2.37. The summed E-state index contributed by atoms with van der Waals surface area (Å²) < 4.78 is 10.6. The first-order chi connectivity index (χ1) is 9.71. The third-order valence-corrected chi connectivity index (χ3v) is 4.22. The van der Waals surface area contributed by atoms with E-state index >= 15 is 0 Å². The minimum Gasteiger partial charge on any atom is -0.379 e. The van der Waals surface area contributed by atoms with E-state index in [0.717, 1.165) is 11.3 Å². The van der Waals surface area contributed by atoms with Gasteiger partial charge in [0, 0.05) is 17.1 Å². The van der Waals surface area contributed by atoms with Crippen molar-refractivity contribution in [1.29, 1.82) is 0 Å². The summed E-state index contributed by atoms with van der Waals surface area (Å²) in [6.45, 7) is 3.20. The van der Waals surface area contributed by atoms with Gasteiger partial charge in [-0.05, 0) is 36.4 Å². The lowest BCUT2D eigenvalue weighted by molar-refractivity contribution is 0.166. The zero-order valence-corrected chi connectivity index (χ0v) is 12.2. The van der Waals surface area contributed by atoms with Crippen LogP contribution in [0.25, 0.3) is 11.4 Å². The standard InChI is InChI=1S/C14H17N3O2S/c1-2-20-11-5-3-10(4-6-11)12-16-13(19-17-12)14(15)7-8-18-9-14/h3-6H,2,7-9,15H2,1H3. The van der Waals surface area contributed by atoms with Crippen molar-refractivity contribution < 1.29 is 9.26 Å². The zero-order chi connectivity index (χ0) is 14.0. The van der Waals surface area contributed by atoms with Gasteiger partial charge in [0.1, 0.15) is 5.54 Å². The first-order valence-electron chi connectivity index (χ1n) is 6.65. The molecule has 1 unspecified atom stereocenters. The van der Waals surface area contributed by atoms with Crippen molar-refractivity contribution in [1.82, 2.24) is 10.1 Å². The Labute approximate surface area is 121 Å². The van der Waals surface area contributed by atoms with Crippen LogP contribution in [0.15, 0.2) is 33.7 Å². The van der Waals surface area contributed by atoms with Gasteiger partial charge in [-0.3, -0.25) is 0 Å². The SMILES string of the molecule is CCSc1ccc(-c2noc(C3(N)CCOC3)n2)cc1. The van der Waals surface area contributed by atoms with Crippen LogP contribution in [0.1, 0.15) is 19.2 Å². The molecule has 1 aromatic heterocycles. The number of ether oxygens (including phenoxy) is 1. The van der Waals surface area contributed by atoms with Crippen molar-refractivity contribution in [3.63, 3.8) is 0 Å². The molecule has 0 saturated carbocycles. The summed E-state index contributed by atoms with van der Waals surface area (Å²) >= 11 is 1.80. The molecule has 2 N–H and O–H groups in total. The van der Waals surface area contributed by atoms with Crippen LogP contribution in [0.3, 0.4) is 0 Å². The molecule has 1 saturated heterocycles. The molecule has 2 aromatic rings. The van der Waals surface area contributed by atoms with E-state index in [9.17, 15) is 0 Å². The number of hydrogen-bond acceptors (Lipinski definition) is 6. The van der Waals surface area contributed by atoms with Crippen molar-refractivity contribution in [3.05, 3.63) is 30.2 Å². The number of benzene rings is 1. The molecule has 0 amide bonds. The molecule has 5 nitrogen and oxygen atoms in total. The van der Waals surface area contributed by atoms with E-state index in [0.29, 0.717) is 31.3 Å². The average Bonchev–Trinajstić information content (AvgIpc) is 3.10. The number of aromatic nitrogens is 2. The van der Waals surface area contributed by atoms with E-state index in [1.807, 2.05) is 12.1 Å². The highest BCUT2D eigenvalue weighted by Gasteiger charge is 2.38. The molecule has 20 heavy (non-hydrogen) atoms. The molecule has 1 atom stereocenters. The number of hydrogen-bond donors (Lipinski definition) is 1. The number of nitrogens with two attached hydrogens (primary N) is 1. The number of nitrogens with zero attached hydrogens (tertiary/aromatic N) is 2. The van der Waals surface area contributed by atoms with Gasteiger partial charge in [-0.25, -0.2) is 0 Å². The molecule has 0 spiro atoms. The van der Waals surface area contributed by atoms with Crippen LogP contribution >= 0.6 is 11.8 Å². The molecule has 106 valence electrons. The molecule has 0 aliphatic carbocycles. The molecular formula is C14H17N3O2S. The minimum atomic E-state index is -0.636. The van der Waals surface area contributed by atoms with Crippen LogP contribution in [0.4, 0.5) is 0 Å². The summed E-state index contributed by atoms with van der Waals surface area (Å²) in [6.07, 6.45) is 0.709. The van der Waals surface area contributed by atoms with E-state index in [2.05, 4.69) is 29.2 Å². The Morgan fingerprint density at radius 2 is 2.15 bits per heavy atom. The Balaban J connectivity index is 1.82. The van der Waals surface area contributed by atoms with E-state index in [1.165, 1.54) is 4.90 Å². The fourth-order valence-electron chi connectivity index (χ4n) is 2.16. The second kappa shape index (κ2) is 5.55. The lowest BCUT2D eigenvalue weighted by Gasteiger charge is -2.14. The third-order valence-electron chi connectivity index (χ3n) is 3.33. The molecule has 2 heterocycles. The molecule has 3 rings (SSSR count). The maximum atomic E-state index is 6.21. The molecule has 0 radical (unpaired) electrons. The fourth-order valence-corrected chi connectivity index (χ4v) is 2.82. The van der Waals surface area contributed by atoms with Gasteiger partial charge in [-0.2, -0.15) is 4.98 Å². The minimum absolute atomic E-state index is 0.431. The van der Waals surface area contributed by atoms with Gasteiger partial charge < -0.3 is 15.0 Å². The molecule has 1 aliphatic rings. The highest BCUT2D eigenvalue weighted by atomic mass is 32.2. The monoisotopic (exact) mass is 291 g/mol. The Kier molecular flexibility index (Phi) is 3.78. The Hall–Kier alpha value is -1.37. The topological polar surface area (TPSA) is 74.2 Å². The Bertz CT molecular complexity index is 576. The van der Waals surface area contributed by atoms with Gasteiger partial charge in [0.25, 0.3) is 0 Å². The Morgan fingerprint density at radius 1 is 1.35 bits per heavy atom. The maximum absolute atomic E-state index is 6.21. The van der Waals surface area contributed by atoms with Crippen LogP contribution in [-0.2, 0) is 10.3 Å². The van der Waals surface area contributed by atoms with Crippen LogP contribution < -0.4 is 5.73 Å². The summed E-state index contributed by atoms with van der Waals surface area (Å²) in [5.41, 5.74) is 6.51. The van der Waals surface area contributed by atoms with E-state index < -0.39 is 5.54 Å². The normalized spacial score (nSPS) is 22.3. The van der Waals surface area contributed by atoms with Crippen LogP contribution in [0, 0.1) is 0 Å². The summed E-state index contributed by atoms with van der Waals surface area (Å²) in [6, 6.07) is 8.13. The van der Waals surface area contributed by atoms with Gasteiger partial charge in [0.2, 0.25) is 11.7 Å². The first kappa shape index (κ1) is 13.6. The summed E-state index contributed by atoms with van der Waals surface area (Å²) in [5.74, 6) is 2.09. The molecule has 1 fully saturated rings. The second-order valence-electron chi connectivity index (χ2n) is 4.84. The number of thioether (sulfide) groups is 1. The van der Waals surface area contributed by atoms with E-state index in [1.54, 1.807) is 11.8 Å². The predicted molar refractivity (Wildman–Crippen MR) is 77.4 cm³/mol. The smallest absolute Gasteiger partial charge is 0.249 e.